The van der Waals surface area contributed by atoms with Gasteiger partial charge in [-0.15, -0.1) is 0 Å². The number of H-pyrrole nitrogens is 1. The van der Waals surface area contributed by atoms with Crippen LogP contribution < -0.4 is 10.3 Å². The largest absolute Gasteiger partial charge is 0.496 e. The zero-order valence-electron chi connectivity index (χ0n) is 11.2. The number of methoxy groups -OCH3 is 1. The molecule has 116 valence electrons. The Hall–Kier alpha value is -2.77. The summed E-state index contributed by atoms with van der Waals surface area (Å²) in [5.74, 6) is -1.36. The molecule has 0 aliphatic rings. The molecule has 22 heavy (non-hydrogen) atoms. The van der Waals surface area contributed by atoms with Crippen LogP contribution in [-0.4, -0.2) is 23.2 Å². The van der Waals surface area contributed by atoms with E-state index >= 15 is 0 Å². The third kappa shape index (κ3) is 2.95. The van der Waals surface area contributed by atoms with Gasteiger partial charge in [0, 0.05) is 17.3 Å². The summed E-state index contributed by atoms with van der Waals surface area (Å²) in [6, 6.07) is 3.81. The van der Waals surface area contributed by atoms with Crippen molar-refractivity contribution in [1.82, 2.24) is 4.98 Å². The molecule has 0 unspecified atom stereocenters. The van der Waals surface area contributed by atoms with E-state index in [2.05, 4.69) is 4.98 Å². The van der Waals surface area contributed by atoms with Crippen LogP contribution in [0.4, 0.5) is 13.2 Å². The van der Waals surface area contributed by atoms with Gasteiger partial charge in [0.25, 0.3) is 5.56 Å². The molecule has 0 bridgehead atoms. The number of carboxylic acid groups (broad SMARTS) is 1. The topological polar surface area (TPSA) is 79.4 Å². The number of halogens is 3. The van der Waals surface area contributed by atoms with E-state index in [1.54, 1.807) is 0 Å². The minimum atomic E-state index is -4.56. The van der Waals surface area contributed by atoms with Crippen LogP contribution in [0.25, 0.3) is 11.1 Å². The first-order valence-corrected chi connectivity index (χ1v) is 5.95. The molecular formula is C14H10F3NO4. The van der Waals surface area contributed by atoms with Crippen LogP contribution in [0.15, 0.2) is 35.3 Å². The molecule has 0 amide bonds. The lowest BCUT2D eigenvalue weighted by Crippen LogP contribution is -2.16. The number of pyridine rings is 1. The van der Waals surface area contributed by atoms with E-state index in [0.29, 0.717) is 0 Å². The Bertz CT molecular complexity index is 780. The Morgan fingerprint density at radius 1 is 1.27 bits per heavy atom. The van der Waals surface area contributed by atoms with E-state index in [4.69, 9.17) is 9.84 Å². The van der Waals surface area contributed by atoms with E-state index in [0.717, 1.165) is 30.5 Å². The smallest absolute Gasteiger partial charge is 0.416 e. The number of aromatic amines is 1. The molecule has 0 saturated carbocycles. The monoisotopic (exact) mass is 313 g/mol. The number of carboxylic acids is 1. The van der Waals surface area contributed by atoms with E-state index in [-0.39, 0.29) is 16.9 Å². The van der Waals surface area contributed by atoms with E-state index < -0.39 is 28.8 Å². The molecule has 1 heterocycles. The lowest BCUT2D eigenvalue weighted by Gasteiger charge is -2.13. The van der Waals surface area contributed by atoms with Crippen LogP contribution in [0.5, 0.6) is 5.75 Å². The first kappa shape index (κ1) is 15.6. The third-order valence-corrected chi connectivity index (χ3v) is 2.97. The number of aromatic nitrogens is 1. The van der Waals surface area contributed by atoms with Crippen LogP contribution in [0.3, 0.4) is 0 Å². The number of nitrogens with one attached hydrogen (secondary N) is 1. The number of benzene rings is 1. The lowest BCUT2D eigenvalue weighted by molar-refractivity contribution is -0.137. The highest BCUT2D eigenvalue weighted by Crippen LogP contribution is 2.36. The summed E-state index contributed by atoms with van der Waals surface area (Å²) >= 11 is 0. The van der Waals surface area contributed by atoms with Gasteiger partial charge in [0.15, 0.2) is 0 Å². The van der Waals surface area contributed by atoms with Gasteiger partial charge in [-0.2, -0.15) is 13.2 Å². The Morgan fingerprint density at radius 2 is 1.95 bits per heavy atom. The van der Waals surface area contributed by atoms with Crippen LogP contribution in [0, 0.1) is 0 Å². The molecule has 2 N–H and O–H groups in total. The average Bonchev–Trinajstić information content (AvgIpc) is 2.46. The number of carbonyl (C=O) groups is 1. The quantitative estimate of drug-likeness (QED) is 0.913. The first-order valence-electron chi connectivity index (χ1n) is 5.95. The number of alkyl halides is 3. The van der Waals surface area contributed by atoms with Crippen LogP contribution in [0.1, 0.15) is 15.9 Å². The van der Waals surface area contributed by atoms with Crippen molar-refractivity contribution in [2.45, 2.75) is 6.18 Å². The van der Waals surface area contributed by atoms with Crippen LogP contribution >= 0.6 is 0 Å². The zero-order valence-corrected chi connectivity index (χ0v) is 11.2. The molecule has 1 aromatic heterocycles. The zero-order chi connectivity index (χ0) is 16.5. The molecule has 0 saturated heterocycles. The molecule has 8 heteroatoms. The Kier molecular flexibility index (Phi) is 3.94. The Labute approximate surface area is 122 Å². The molecule has 0 spiro atoms. The van der Waals surface area contributed by atoms with Crippen molar-refractivity contribution in [2.24, 2.45) is 0 Å². The second kappa shape index (κ2) is 5.55. The molecule has 0 radical (unpaired) electrons. The summed E-state index contributed by atoms with van der Waals surface area (Å²) in [7, 11) is 1.27. The van der Waals surface area contributed by atoms with Gasteiger partial charge < -0.3 is 14.8 Å². The molecule has 0 fully saturated rings. The van der Waals surface area contributed by atoms with Gasteiger partial charge in [-0.1, -0.05) is 0 Å². The molecule has 0 aliphatic carbocycles. The Balaban J connectivity index is 2.68. The standard InChI is InChI=1S/C14H10F3NO4/c1-22-11-3-2-8(14(15,16)17)5-9(11)7-4-10(13(20)21)12(19)18-6-7/h2-6H,1H3,(H,18,19)(H,20,21). The van der Waals surface area contributed by atoms with Gasteiger partial charge >= 0.3 is 12.1 Å². The van der Waals surface area contributed by atoms with E-state index in [9.17, 15) is 22.8 Å². The number of ether oxygens (including phenoxy) is 1. The molecule has 2 aromatic rings. The number of rotatable bonds is 3. The van der Waals surface area contributed by atoms with Crippen molar-refractivity contribution >= 4 is 5.97 Å². The van der Waals surface area contributed by atoms with Gasteiger partial charge in [-0.05, 0) is 24.3 Å². The summed E-state index contributed by atoms with van der Waals surface area (Å²) in [4.78, 5) is 24.5. The maximum absolute atomic E-state index is 12.8. The number of hydrogen-bond acceptors (Lipinski definition) is 3. The predicted molar refractivity (Wildman–Crippen MR) is 71.0 cm³/mol. The Morgan fingerprint density at radius 3 is 2.50 bits per heavy atom. The van der Waals surface area contributed by atoms with Crippen molar-refractivity contribution in [1.29, 1.82) is 0 Å². The van der Waals surface area contributed by atoms with Crippen molar-refractivity contribution in [2.75, 3.05) is 7.11 Å². The SMILES string of the molecule is COc1ccc(C(F)(F)F)cc1-c1c[nH]c(=O)c(C(=O)O)c1. The van der Waals surface area contributed by atoms with Gasteiger partial charge in [-0.25, -0.2) is 4.79 Å². The van der Waals surface area contributed by atoms with Gasteiger partial charge in [0.05, 0.1) is 12.7 Å². The summed E-state index contributed by atoms with van der Waals surface area (Å²) in [6.07, 6.45) is -3.42. The highest BCUT2D eigenvalue weighted by molar-refractivity contribution is 5.89. The predicted octanol–water partition coefficient (Wildman–Crippen LogP) is 2.77. The highest BCUT2D eigenvalue weighted by Gasteiger charge is 2.31. The van der Waals surface area contributed by atoms with Crippen molar-refractivity contribution < 1.29 is 27.8 Å². The average molecular weight is 313 g/mol. The fourth-order valence-corrected chi connectivity index (χ4v) is 1.91. The van der Waals surface area contributed by atoms with E-state index in [1.165, 1.54) is 7.11 Å². The first-order chi connectivity index (χ1) is 10.2. The highest BCUT2D eigenvalue weighted by atomic mass is 19.4. The van der Waals surface area contributed by atoms with E-state index in [1.807, 2.05) is 0 Å². The summed E-state index contributed by atoms with van der Waals surface area (Å²) < 4.78 is 43.4. The van der Waals surface area contributed by atoms with Crippen LogP contribution in [0.2, 0.25) is 0 Å². The molecule has 5 nitrogen and oxygen atoms in total. The minimum Gasteiger partial charge on any atom is -0.496 e. The third-order valence-electron chi connectivity index (χ3n) is 2.97. The molecule has 0 atom stereocenters. The van der Waals surface area contributed by atoms with Gasteiger partial charge in [-0.3, -0.25) is 4.79 Å². The second-order valence-electron chi connectivity index (χ2n) is 4.35. The lowest BCUT2D eigenvalue weighted by atomic mass is 10.0. The van der Waals surface area contributed by atoms with Crippen molar-refractivity contribution in [3.05, 3.63) is 51.9 Å². The molecular weight excluding hydrogens is 303 g/mol. The molecule has 1 aromatic carbocycles. The van der Waals surface area contributed by atoms with Crippen LogP contribution in [-0.2, 0) is 6.18 Å². The van der Waals surface area contributed by atoms with Gasteiger partial charge in [0.1, 0.15) is 11.3 Å². The van der Waals surface area contributed by atoms with Crippen molar-refractivity contribution in [3.8, 4) is 16.9 Å². The number of hydrogen-bond donors (Lipinski definition) is 2. The minimum absolute atomic E-state index is 0.0241. The fourth-order valence-electron chi connectivity index (χ4n) is 1.91. The maximum atomic E-state index is 12.8. The van der Waals surface area contributed by atoms with Gasteiger partial charge in [0.2, 0.25) is 0 Å². The summed E-state index contributed by atoms with van der Waals surface area (Å²) in [5.41, 5.74) is -2.21. The fraction of sp³-hybridized carbons (Fsp3) is 0.143. The maximum Gasteiger partial charge on any atom is 0.416 e. The number of aromatic carboxylic acids is 1. The summed E-state index contributed by atoms with van der Waals surface area (Å²) in [6.45, 7) is 0. The summed E-state index contributed by atoms with van der Waals surface area (Å²) in [5, 5.41) is 8.92. The van der Waals surface area contributed by atoms with Crippen molar-refractivity contribution in [3.63, 3.8) is 0 Å². The molecule has 2 rings (SSSR count). The normalized spacial score (nSPS) is 11.3. The second-order valence-corrected chi connectivity index (χ2v) is 4.35. The molecule has 0 aliphatic heterocycles.